The van der Waals surface area contributed by atoms with E-state index in [1.54, 1.807) is 41.3 Å². The van der Waals surface area contributed by atoms with Crippen LogP contribution in [-0.2, 0) is 19.4 Å². The van der Waals surface area contributed by atoms with E-state index in [1.807, 2.05) is 6.07 Å². The summed E-state index contributed by atoms with van der Waals surface area (Å²) in [6, 6.07) is 17.0. The number of nitro groups is 1. The Morgan fingerprint density at radius 2 is 1.88 bits per heavy atom. The third-order valence-corrected chi connectivity index (χ3v) is 6.69. The summed E-state index contributed by atoms with van der Waals surface area (Å²) in [4.78, 5) is 38.1. The number of nitriles is 1. The summed E-state index contributed by atoms with van der Waals surface area (Å²) in [7, 11) is 0. The molecule has 172 valence electrons. The second kappa shape index (κ2) is 10.1. The van der Waals surface area contributed by atoms with Crippen LogP contribution in [0.2, 0.25) is 0 Å². The molecule has 3 aromatic rings. The van der Waals surface area contributed by atoms with Gasteiger partial charge in [-0.25, -0.2) is 4.79 Å². The minimum atomic E-state index is -0.447. The highest BCUT2D eigenvalue weighted by atomic mass is 32.1. The number of anilines is 1. The van der Waals surface area contributed by atoms with Crippen molar-refractivity contribution in [3.05, 3.63) is 91.8 Å². The van der Waals surface area contributed by atoms with E-state index >= 15 is 0 Å². The highest BCUT2D eigenvalue weighted by molar-refractivity contribution is 7.16. The first kappa shape index (κ1) is 22.9. The molecule has 4 rings (SSSR count). The van der Waals surface area contributed by atoms with Gasteiger partial charge >= 0.3 is 6.03 Å². The van der Waals surface area contributed by atoms with E-state index in [9.17, 15) is 25.0 Å². The van der Waals surface area contributed by atoms with Gasteiger partial charge in [0.15, 0.2) is 0 Å². The van der Waals surface area contributed by atoms with Gasteiger partial charge in [0.2, 0.25) is 0 Å². The predicted molar refractivity (Wildman–Crippen MR) is 128 cm³/mol. The van der Waals surface area contributed by atoms with Gasteiger partial charge in [0, 0.05) is 35.7 Å². The van der Waals surface area contributed by atoms with Gasteiger partial charge in [-0.3, -0.25) is 14.9 Å². The van der Waals surface area contributed by atoms with Crippen molar-refractivity contribution in [2.45, 2.75) is 19.4 Å². The SMILES string of the molecule is N#Cc1c(NC(=O)c2ccccc2)sc2c1CCN(C(=O)NCCc1ccc([N+](=O)[O-])cc1)C2. The van der Waals surface area contributed by atoms with Gasteiger partial charge in [-0.15, -0.1) is 11.3 Å². The molecule has 0 fully saturated rings. The average molecular weight is 476 g/mol. The molecule has 2 aromatic carbocycles. The van der Waals surface area contributed by atoms with Crippen LogP contribution < -0.4 is 10.6 Å². The van der Waals surface area contributed by atoms with Crippen molar-refractivity contribution in [2.24, 2.45) is 0 Å². The monoisotopic (exact) mass is 475 g/mol. The topological polar surface area (TPSA) is 128 Å². The van der Waals surface area contributed by atoms with Crippen molar-refractivity contribution >= 4 is 34.0 Å². The Morgan fingerprint density at radius 1 is 1.15 bits per heavy atom. The number of nitro benzene ring substituents is 1. The lowest BCUT2D eigenvalue weighted by Crippen LogP contribution is -2.43. The van der Waals surface area contributed by atoms with E-state index in [0.717, 1.165) is 16.0 Å². The zero-order valence-electron chi connectivity index (χ0n) is 18.1. The lowest BCUT2D eigenvalue weighted by Gasteiger charge is -2.27. The Bertz CT molecular complexity index is 1270. The number of fused-ring (bicyclic) bond motifs is 1. The number of hydrogen-bond donors (Lipinski definition) is 2. The van der Waals surface area contributed by atoms with E-state index in [0.29, 0.717) is 48.6 Å². The Balaban J connectivity index is 1.36. The Kier molecular flexibility index (Phi) is 6.85. The van der Waals surface area contributed by atoms with Crippen molar-refractivity contribution in [1.82, 2.24) is 10.2 Å². The number of nitrogens with zero attached hydrogens (tertiary/aromatic N) is 3. The van der Waals surface area contributed by atoms with Crippen LogP contribution in [0.4, 0.5) is 15.5 Å². The first-order valence-corrected chi connectivity index (χ1v) is 11.4. The molecule has 2 N–H and O–H groups in total. The van der Waals surface area contributed by atoms with Crippen molar-refractivity contribution in [1.29, 1.82) is 5.26 Å². The van der Waals surface area contributed by atoms with Gasteiger partial charge in [-0.2, -0.15) is 5.26 Å². The minimum absolute atomic E-state index is 0.0314. The van der Waals surface area contributed by atoms with Crippen LogP contribution in [0.5, 0.6) is 0 Å². The molecule has 0 aliphatic carbocycles. The van der Waals surface area contributed by atoms with Gasteiger partial charge in [-0.05, 0) is 36.1 Å². The van der Waals surface area contributed by atoms with Gasteiger partial charge in [0.1, 0.15) is 11.1 Å². The van der Waals surface area contributed by atoms with E-state index in [2.05, 4.69) is 16.7 Å². The molecule has 0 spiro atoms. The summed E-state index contributed by atoms with van der Waals surface area (Å²) in [5.74, 6) is -0.281. The highest BCUT2D eigenvalue weighted by Crippen LogP contribution is 2.36. The minimum Gasteiger partial charge on any atom is -0.338 e. The Hall–Kier alpha value is -4.23. The van der Waals surface area contributed by atoms with Gasteiger partial charge in [-0.1, -0.05) is 30.3 Å². The summed E-state index contributed by atoms with van der Waals surface area (Å²) in [6.07, 6.45) is 1.09. The van der Waals surface area contributed by atoms with Crippen molar-refractivity contribution < 1.29 is 14.5 Å². The normalized spacial score (nSPS) is 12.4. The standard InChI is InChI=1S/C24H21N5O4S/c25-14-20-19-11-13-28(24(31)26-12-10-16-6-8-18(9-7-16)29(32)33)15-21(19)34-23(20)27-22(30)17-4-2-1-3-5-17/h1-9H,10-13,15H2,(H,26,31)(H,27,30). The maximum Gasteiger partial charge on any atom is 0.317 e. The number of non-ortho nitro benzene ring substituents is 1. The molecule has 0 unspecified atom stereocenters. The smallest absolute Gasteiger partial charge is 0.317 e. The zero-order valence-corrected chi connectivity index (χ0v) is 18.9. The molecule has 1 aromatic heterocycles. The van der Waals surface area contributed by atoms with Crippen molar-refractivity contribution in [3.63, 3.8) is 0 Å². The summed E-state index contributed by atoms with van der Waals surface area (Å²) in [5, 5.41) is 26.6. The molecule has 3 amide bonds. The Labute approximate surface area is 199 Å². The maximum atomic E-state index is 12.7. The lowest BCUT2D eigenvalue weighted by atomic mass is 10.0. The molecule has 1 aliphatic heterocycles. The number of nitrogens with one attached hydrogen (secondary N) is 2. The summed E-state index contributed by atoms with van der Waals surface area (Å²) < 4.78 is 0. The fourth-order valence-electron chi connectivity index (χ4n) is 3.76. The van der Waals surface area contributed by atoms with E-state index in [-0.39, 0.29) is 17.6 Å². The Morgan fingerprint density at radius 3 is 2.56 bits per heavy atom. The number of rotatable bonds is 6. The molecule has 0 bridgehead atoms. The van der Waals surface area contributed by atoms with Crippen LogP contribution in [0.3, 0.4) is 0 Å². The first-order chi connectivity index (χ1) is 16.5. The van der Waals surface area contributed by atoms with Crippen LogP contribution in [0.25, 0.3) is 0 Å². The highest BCUT2D eigenvalue weighted by Gasteiger charge is 2.27. The number of amides is 3. The van der Waals surface area contributed by atoms with Gasteiger partial charge in [0.05, 0.1) is 17.0 Å². The quantitative estimate of drug-likeness (QED) is 0.410. The summed E-state index contributed by atoms with van der Waals surface area (Å²) >= 11 is 1.32. The molecule has 0 saturated heterocycles. The molecule has 0 atom stereocenters. The number of carbonyl (C=O) groups is 2. The van der Waals surface area contributed by atoms with Crippen molar-refractivity contribution in [2.75, 3.05) is 18.4 Å². The van der Waals surface area contributed by atoms with Crippen LogP contribution in [0.15, 0.2) is 54.6 Å². The van der Waals surface area contributed by atoms with E-state index in [4.69, 9.17) is 0 Å². The zero-order chi connectivity index (χ0) is 24.1. The molecule has 1 aliphatic rings. The number of urea groups is 1. The van der Waals surface area contributed by atoms with E-state index < -0.39 is 4.92 Å². The summed E-state index contributed by atoms with van der Waals surface area (Å²) in [6.45, 7) is 1.22. The third-order valence-electron chi connectivity index (χ3n) is 5.56. The largest absolute Gasteiger partial charge is 0.338 e. The fourth-order valence-corrected chi connectivity index (χ4v) is 4.97. The van der Waals surface area contributed by atoms with E-state index in [1.165, 1.54) is 23.5 Å². The molecule has 10 heteroatoms. The number of hydrogen-bond acceptors (Lipinski definition) is 6. The van der Waals surface area contributed by atoms with Crippen LogP contribution in [-0.4, -0.2) is 34.9 Å². The van der Waals surface area contributed by atoms with Gasteiger partial charge < -0.3 is 15.5 Å². The maximum absolute atomic E-state index is 12.7. The van der Waals surface area contributed by atoms with Crippen LogP contribution in [0, 0.1) is 21.4 Å². The number of carbonyl (C=O) groups excluding carboxylic acids is 2. The van der Waals surface area contributed by atoms with Crippen LogP contribution >= 0.6 is 11.3 Å². The summed E-state index contributed by atoms with van der Waals surface area (Å²) in [5.41, 5.74) is 2.77. The molecular formula is C24H21N5O4S. The first-order valence-electron chi connectivity index (χ1n) is 10.6. The molecule has 0 saturated carbocycles. The second-order valence-electron chi connectivity index (χ2n) is 7.72. The second-order valence-corrected chi connectivity index (χ2v) is 8.82. The van der Waals surface area contributed by atoms with Crippen LogP contribution in [0.1, 0.15) is 31.9 Å². The molecule has 34 heavy (non-hydrogen) atoms. The molecule has 0 radical (unpaired) electrons. The number of thiophene rings is 1. The predicted octanol–water partition coefficient (Wildman–Crippen LogP) is 4.09. The lowest BCUT2D eigenvalue weighted by molar-refractivity contribution is -0.384. The fraction of sp³-hybridized carbons (Fsp3) is 0.208. The number of benzene rings is 2. The molecule has 2 heterocycles. The van der Waals surface area contributed by atoms with Crippen molar-refractivity contribution in [3.8, 4) is 6.07 Å². The van der Waals surface area contributed by atoms with Gasteiger partial charge in [0.25, 0.3) is 11.6 Å². The third kappa shape index (κ3) is 5.05. The molecular weight excluding hydrogens is 454 g/mol. The molecule has 9 nitrogen and oxygen atoms in total. The average Bonchev–Trinajstić information content (AvgIpc) is 3.20.